The molecule has 0 spiro atoms. The van der Waals surface area contributed by atoms with Gasteiger partial charge in [0.1, 0.15) is 11.5 Å². The van der Waals surface area contributed by atoms with E-state index in [1.807, 2.05) is 24.3 Å². The molecule has 1 amide bonds. The SMILES string of the molecule is CCc1ccc(C(=O)CCC(=O)Nc2cc(OC)cc(OC)c2)cc1. The molecule has 0 aromatic heterocycles. The molecule has 5 nitrogen and oxygen atoms in total. The highest BCUT2D eigenvalue weighted by atomic mass is 16.5. The van der Waals surface area contributed by atoms with Crippen molar-refractivity contribution in [3.8, 4) is 11.5 Å². The second-order valence-corrected chi connectivity index (χ2v) is 5.62. The fourth-order valence-corrected chi connectivity index (χ4v) is 2.40. The van der Waals surface area contributed by atoms with Gasteiger partial charge in [0, 0.05) is 42.3 Å². The molecule has 0 radical (unpaired) electrons. The number of carbonyl (C=O) groups excluding carboxylic acids is 2. The number of ether oxygens (including phenoxy) is 2. The summed E-state index contributed by atoms with van der Waals surface area (Å²) in [6.07, 6.45) is 1.22. The van der Waals surface area contributed by atoms with Gasteiger partial charge in [0.05, 0.1) is 14.2 Å². The third-order valence-electron chi connectivity index (χ3n) is 3.90. The van der Waals surface area contributed by atoms with Crippen molar-refractivity contribution < 1.29 is 19.1 Å². The molecule has 5 heteroatoms. The van der Waals surface area contributed by atoms with E-state index < -0.39 is 0 Å². The molecule has 2 aromatic rings. The van der Waals surface area contributed by atoms with E-state index in [1.165, 1.54) is 5.56 Å². The Labute approximate surface area is 148 Å². The number of benzene rings is 2. The second-order valence-electron chi connectivity index (χ2n) is 5.62. The maximum Gasteiger partial charge on any atom is 0.224 e. The Bertz CT molecular complexity index is 716. The fourth-order valence-electron chi connectivity index (χ4n) is 2.40. The van der Waals surface area contributed by atoms with Gasteiger partial charge in [0.15, 0.2) is 5.78 Å². The number of hydrogen-bond donors (Lipinski definition) is 1. The summed E-state index contributed by atoms with van der Waals surface area (Å²) in [7, 11) is 3.09. The zero-order chi connectivity index (χ0) is 18.2. The van der Waals surface area contributed by atoms with Gasteiger partial charge in [-0.15, -0.1) is 0 Å². The molecule has 25 heavy (non-hydrogen) atoms. The average molecular weight is 341 g/mol. The van der Waals surface area contributed by atoms with Crippen LogP contribution in [0, 0.1) is 0 Å². The van der Waals surface area contributed by atoms with Crippen LogP contribution in [-0.4, -0.2) is 25.9 Å². The topological polar surface area (TPSA) is 64.6 Å². The van der Waals surface area contributed by atoms with Gasteiger partial charge in [-0.2, -0.15) is 0 Å². The molecular formula is C20H23NO4. The van der Waals surface area contributed by atoms with Crippen LogP contribution in [0.2, 0.25) is 0 Å². The predicted molar refractivity (Wildman–Crippen MR) is 97.6 cm³/mol. The number of rotatable bonds is 8. The predicted octanol–water partition coefficient (Wildman–Crippen LogP) is 3.87. The molecule has 0 saturated carbocycles. The summed E-state index contributed by atoms with van der Waals surface area (Å²) in [6.45, 7) is 2.06. The Morgan fingerprint density at radius 2 is 1.52 bits per heavy atom. The molecule has 0 unspecified atom stereocenters. The minimum Gasteiger partial charge on any atom is -0.497 e. The molecule has 2 aromatic carbocycles. The zero-order valence-corrected chi connectivity index (χ0v) is 14.8. The largest absolute Gasteiger partial charge is 0.497 e. The van der Waals surface area contributed by atoms with Gasteiger partial charge in [-0.05, 0) is 12.0 Å². The van der Waals surface area contributed by atoms with Crippen LogP contribution in [0.1, 0.15) is 35.7 Å². The number of amides is 1. The summed E-state index contributed by atoms with van der Waals surface area (Å²) in [5.74, 6) is 0.901. The number of methoxy groups -OCH3 is 2. The van der Waals surface area contributed by atoms with E-state index in [2.05, 4.69) is 12.2 Å². The van der Waals surface area contributed by atoms with E-state index in [0.717, 1.165) is 6.42 Å². The van der Waals surface area contributed by atoms with Crippen LogP contribution in [0.15, 0.2) is 42.5 Å². The van der Waals surface area contributed by atoms with Crippen molar-refractivity contribution in [2.24, 2.45) is 0 Å². The number of nitrogens with one attached hydrogen (secondary N) is 1. The molecule has 0 atom stereocenters. The van der Waals surface area contributed by atoms with Crippen molar-refractivity contribution in [1.29, 1.82) is 0 Å². The standard InChI is InChI=1S/C20H23NO4/c1-4-14-5-7-15(8-6-14)19(22)9-10-20(23)21-16-11-17(24-2)13-18(12-16)25-3/h5-8,11-13H,4,9-10H2,1-3H3,(H,21,23). The highest BCUT2D eigenvalue weighted by Gasteiger charge is 2.11. The summed E-state index contributed by atoms with van der Waals surface area (Å²) in [5, 5.41) is 2.77. The van der Waals surface area contributed by atoms with E-state index in [1.54, 1.807) is 32.4 Å². The van der Waals surface area contributed by atoms with E-state index in [4.69, 9.17) is 9.47 Å². The minimum absolute atomic E-state index is 0.0407. The van der Waals surface area contributed by atoms with Gasteiger partial charge in [-0.3, -0.25) is 9.59 Å². The molecule has 0 bridgehead atoms. The van der Waals surface area contributed by atoms with Crippen LogP contribution in [0.5, 0.6) is 11.5 Å². The third-order valence-corrected chi connectivity index (χ3v) is 3.90. The second kappa shape index (κ2) is 8.87. The van der Waals surface area contributed by atoms with Crippen molar-refractivity contribution in [3.63, 3.8) is 0 Å². The normalized spacial score (nSPS) is 10.2. The molecule has 1 N–H and O–H groups in total. The van der Waals surface area contributed by atoms with Gasteiger partial charge in [0.2, 0.25) is 5.91 Å². The van der Waals surface area contributed by atoms with Gasteiger partial charge in [-0.25, -0.2) is 0 Å². The van der Waals surface area contributed by atoms with Gasteiger partial charge >= 0.3 is 0 Å². The van der Waals surface area contributed by atoms with E-state index in [-0.39, 0.29) is 24.5 Å². The lowest BCUT2D eigenvalue weighted by Gasteiger charge is -2.10. The lowest BCUT2D eigenvalue weighted by molar-refractivity contribution is -0.116. The Morgan fingerprint density at radius 3 is 2.04 bits per heavy atom. The molecule has 0 aliphatic carbocycles. The lowest BCUT2D eigenvalue weighted by atomic mass is 10.0. The Hall–Kier alpha value is -2.82. The smallest absolute Gasteiger partial charge is 0.224 e. The van der Waals surface area contributed by atoms with Gasteiger partial charge in [-0.1, -0.05) is 31.2 Å². The number of hydrogen-bond acceptors (Lipinski definition) is 4. The molecule has 0 aliphatic rings. The first-order chi connectivity index (χ1) is 12.0. The van der Waals surface area contributed by atoms with Crippen LogP contribution in [0.4, 0.5) is 5.69 Å². The summed E-state index contributed by atoms with van der Waals surface area (Å²) < 4.78 is 10.3. The van der Waals surface area contributed by atoms with Crippen molar-refractivity contribution in [2.75, 3.05) is 19.5 Å². The van der Waals surface area contributed by atoms with E-state index >= 15 is 0 Å². The van der Waals surface area contributed by atoms with Crippen LogP contribution < -0.4 is 14.8 Å². The quantitative estimate of drug-likeness (QED) is 0.740. The molecule has 2 rings (SSSR count). The van der Waals surface area contributed by atoms with Crippen molar-refractivity contribution in [2.45, 2.75) is 26.2 Å². The number of anilines is 1. The van der Waals surface area contributed by atoms with E-state index in [0.29, 0.717) is 22.7 Å². The summed E-state index contributed by atoms with van der Waals surface area (Å²) in [5.41, 5.74) is 2.38. The van der Waals surface area contributed by atoms with Crippen LogP contribution >= 0.6 is 0 Å². The van der Waals surface area contributed by atoms with Gasteiger partial charge in [0.25, 0.3) is 0 Å². The highest BCUT2D eigenvalue weighted by molar-refractivity contribution is 6.00. The summed E-state index contributed by atoms with van der Waals surface area (Å²) >= 11 is 0. The Morgan fingerprint density at radius 1 is 0.920 bits per heavy atom. The van der Waals surface area contributed by atoms with Crippen molar-refractivity contribution >= 4 is 17.4 Å². The third kappa shape index (κ3) is 5.35. The molecule has 0 saturated heterocycles. The highest BCUT2D eigenvalue weighted by Crippen LogP contribution is 2.25. The number of ketones is 1. The Balaban J connectivity index is 1.92. The Kier molecular flexibility index (Phi) is 6.57. The van der Waals surface area contributed by atoms with E-state index in [9.17, 15) is 9.59 Å². The van der Waals surface area contributed by atoms with Crippen LogP contribution in [0.3, 0.4) is 0 Å². The summed E-state index contributed by atoms with van der Waals surface area (Å²) in [4.78, 5) is 24.3. The maximum atomic E-state index is 12.2. The average Bonchev–Trinajstić information content (AvgIpc) is 2.65. The molecule has 0 fully saturated rings. The number of carbonyl (C=O) groups is 2. The molecule has 0 heterocycles. The van der Waals surface area contributed by atoms with Crippen molar-refractivity contribution in [1.82, 2.24) is 0 Å². The first kappa shape index (κ1) is 18.5. The molecule has 0 aliphatic heterocycles. The van der Waals surface area contributed by atoms with Crippen molar-refractivity contribution in [3.05, 3.63) is 53.6 Å². The monoisotopic (exact) mass is 341 g/mol. The first-order valence-electron chi connectivity index (χ1n) is 8.20. The first-order valence-corrected chi connectivity index (χ1v) is 8.20. The maximum absolute atomic E-state index is 12.2. The van der Waals surface area contributed by atoms with Gasteiger partial charge < -0.3 is 14.8 Å². The minimum atomic E-state index is -0.228. The summed E-state index contributed by atoms with van der Waals surface area (Å²) in [6, 6.07) is 12.6. The van der Waals surface area contributed by atoms with Crippen LogP contribution in [-0.2, 0) is 11.2 Å². The molecule has 132 valence electrons. The number of aryl methyl sites for hydroxylation is 1. The fraction of sp³-hybridized carbons (Fsp3) is 0.300. The number of Topliss-reactive ketones (excluding diaryl/α,β-unsaturated/α-hetero) is 1. The lowest BCUT2D eigenvalue weighted by Crippen LogP contribution is -2.13. The molecular weight excluding hydrogens is 318 g/mol. The zero-order valence-electron chi connectivity index (χ0n) is 14.8. The van der Waals surface area contributed by atoms with Crippen LogP contribution in [0.25, 0.3) is 0 Å².